The summed E-state index contributed by atoms with van der Waals surface area (Å²) in [5.41, 5.74) is 0.779. The van der Waals surface area contributed by atoms with E-state index < -0.39 is 6.09 Å². The van der Waals surface area contributed by atoms with Gasteiger partial charge in [0.2, 0.25) is 0 Å². The molecule has 0 spiro atoms. The number of amides is 1. The highest BCUT2D eigenvalue weighted by Gasteiger charge is 2.12. The SMILES string of the molecule is CN(C(=O)Oc1cccnc1)c1ccccc1. The fourth-order valence-corrected chi connectivity index (χ4v) is 1.33. The molecule has 4 heteroatoms. The lowest BCUT2D eigenvalue weighted by Gasteiger charge is -2.16. The maximum atomic E-state index is 11.8. The summed E-state index contributed by atoms with van der Waals surface area (Å²) < 4.78 is 5.16. The molecule has 0 aliphatic heterocycles. The van der Waals surface area contributed by atoms with Crippen molar-refractivity contribution in [2.45, 2.75) is 0 Å². The second kappa shape index (κ2) is 5.12. The van der Waals surface area contributed by atoms with Crippen LogP contribution in [0.25, 0.3) is 0 Å². The first kappa shape index (κ1) is 11.1. The van der Waals surface area contributed by atoms with Gasteiger partial charge in [-0.3, -0.25) is 9.88 Å². The Morgan fingerprint density at radius 3 is 2.59 bits per heavy atom. The maximum absolute atomic E-state index is 11.8. The zero-order valence-corrected chi connectivity index (χ0v) is 9.41. The molecular formula is C13H12N2O2. The van der Waals surface area contributed by atoms with E-state index in [0.717, 1.165) is 5.69 Å². The van der Waals surface area contributed by atoms with Crippen LogP contribution in [-0.4, -0.2) is 18.1 Å². The van der Waals surface area contributed by atoms with E-state index in [-0.39, 0.29) is 0 Å². The molecule has 0 unspecified atom stereocenters. The Kier molecular flexibility index (Phi) is 3.35. The Bertz CT molecular complexity index is 485. The second-order valence-corrected chi connectivity index (χ2v) is 3.45. The molecule has 0 saturated carbocycles. The molecule has 2 aromatic rings. The van der Waals surface area contributed by atoms with E-state index in [4.69, 9.17) is 4.74 Å². The molecule has 1 heterocycles. The van der Waals surface area contributed by atoms with E-state index in [1.807, 2.05) is 30.3 Å². The van der Waals surface area contributed by atoms with E-state index in [1.54, 1.807) is 25.4 Å². The Hall–Kier alpha value is -2.36. The number of hydrogen-bond donors (Lipinski definition) is 0. The molecule has 0 aliphatic carbocycles. The number of hydrogen-bond acceptors (Lipinski definition) is 3. The number of nitrogens with zero attached hydrogens (tertiary/aromatic N) is 2. The van der Waals surface area contributed by atoms with Crippen LogP contribution in [0.1, 0.15) is 0 Å². The van der Waals surface area contributed by atoms with E-state index in [9.17, 15) is 4.79 Å². The molecule has 0 atom stereocenters. The van der Waals surface area contributed by atoms with Crippen LogP contribution in [0.3, 0.4) is 0 Å². The topological polar surface area (TPSA) is 42.4 Å². The number of rotatable bonds is 2. The minimum Gasteiger partial charge on any atom is -0.408 e. The fraction of sp³-hybridized carbons (Fsp3) is 0.0769. The van der Waals surface area contributed by atoms with Crippen molar-refractivity contribution in [3.8, 4) is 5.75 Å². The molecule has 86 valence electrons. The highest BCUT2D eigenvalue weighted by atomic mass is 16.6. The summed E-state index contributed by atoms with van der Waals surface area (Å²) in [5.74, 6) is 0.431. The number of pyridine rings is 1. The summed E-state index contributed by atoms with van der Waals surface area (Å²) in [7, 11) is 1.66. The van der Waals surface area contributed by atoms with E-state index in [1.165, 1.54) is 11.1 Å². The van der Waals surface area contributed by atoms with E-state index in [2.05, 4.69) is 4.98 Å². The summed E-state index contributed by atoms with van der Waals surface area (Å²) in [6, 6.07) is 12.7. The third-order valence-electron chi connectivity index (χ3n) is 2.26. The lowest BCUT2D eigenvalue weighted by atomic mass is 10.3. The lowest BCUT2D eigenvalue weighted by Crippen LogP contribution is -2.29. The Labute approximate surface area is 99.5 Å². The van der Waals surface area contributed by atoms with Crippen molar-refractivity contribution in [3.63, 3.8) is 0 Å². The quantitative estimate of drug-likeness (QED) is 0.793. The van der Waals surface area contributed by atoms with Crippen molar-refractivity contribution < 1.29 is 9.53 Å². The number of benzene rings is 1. The molecule has 1 aromatic heterocycles. The summed E-state index contributed by atoms with van der Waals surface area (Å²) in [5, 5.41) is 0. The van der Waals surface area contributed by atoms with Crippen LogP contribution in [0, 0.1) is 0 Å². The second-order valence-electron chi connectivity index (χ2n) is 3.45. The molecule has 4 nitrogen and oxygen atoms in total. The number of para-hydroxylation sites is 1. The highest BCUT2D eigenvalue weighted by Crippen LogP contribution is 2.14. The summed E-state index contributed by atoms with van der Waals surface area (Å²) in [6.45, 7) is 0. The molecule has 17 heavy (non-hydrogen) atoms. The standard InChI is InChI=1S/C13H12N2O2/c1-15(11-6-3-2-4-7-11)13(16)17-12-8-5-9-14-10-12/h2-10H,1H3. The van der Waals surface area contributed by atoms with Crippen molar-refractivity contribution in [3.05, 3.63) is 54.9 Å². The van der Waals surface area contributed by atoms with Crippen LogP contribution in [0.5, 0.6) is 5.75 Å². The minimum atomic E-state index is -0.441. The van der Waals surface area contributed by atoms with Gasteiger partial charge >= 0.3 is 6.09 Å². The van der Waals surface area contributed by atoms with Crippen molar-refractivity contribution in [2.75, 3.05) is 11.9 Å². The van der Waals surface area contributed by atoms with Crippen molar-refractivity contribution >= 4 is 11.8 Å². The van der Waals surface area contributed by atoms with Gasteiger partial charge in [0, 0.05) is 18.9 Å². The maximum Gasteiger partial charge on any atom is 0.419 e. The van der Waals surface area contributed by atoms with Gasteiger partial charge in [-0.05, 0) is 24.3 Å². The number of carbonyl (C=O) groups excluding carboxylic acids is 1. The van der Waals surface area contributed by atoms with Crippen molar-refractivity contribution in [2.24, 2.45) is 0 Å². The average Bonchev–Trinajstić information content (AvgIpc) is 2.40. The van der Waals surface area contributed by atoms with E-state index >= 15 is 0 Å². The van der Waals surface area contributed by atoms with E-state index in [0.29, 0.717) is 5.75 Å². The molecule has 0 N–H and O–H groups in total. The normalized spacial score (nSPS) is 9.71. The van der Waals surface area contributed by atoms with Crippen LogP contribution in [0.4, 0.5) is 10.5 Å². The van der Waals surface area contributed by atoms with Crippen molar-refractivity contribution in [1.29, 1.82) is 0 Å². The molecule has 0 fully saturated rings. The monoisotopic (exact) mass is 228 g/mol. The molecule has 1 amide bonds. The van der Waals surface area contributed by atoms with Gasteiger partial charge in [0.25, 0.3) is 0 Å². The zero-order valence-electron chi connectivity index (χ0n) is 9.41. The number of anilines is 1. The molecule has 0 radical (unpaired) electrons. The number of carbonyl (C=O) groups is 1. The first-order chi connectivity index (χ1) is 8.27. The van der Waals surface area contributed by atoms with Crippen LogP contribution < -0.4 is 9.64 Å². The molecular weight excluding hydrogens is 216 g/mol. The lowest BCUT2D eigenvalue weighted by molar-refractivity contribution is 0.209. The van der Waals surface area contributed by atoms with Gasteiger partial charge in [-0.1, -0.05) is 18.2 Å². The zero-order chi connectivity index (χ0) is 12.1. The predicted octanol–water partition coefficient (Wildman–Crippen LogP) is 2.72. The molecule has 1 aromatic carbocycles. The van der Waals surface area contributed by atoms with Gasteiger partial charge in [0.1, 0.15) is 0 Å². The molecule has 0 aliphatic rings. The van der Waals surface area contributed by atoms with Gasteiger partial charge in [0.05, 0.1) is 6.20 Å². The van der Waals surface area contributed by atoms with Gasteiger partial charge < -0.3 is 4.74 Å². The van der Waals surface area contributed by atoms with Gasteiger partial charge in [-0.25, -0.2) is 4.79 Å². The smallest absolute Gasteiger partial charge is 0.408 e. The fourth-order valence-electron chi connectivity index (χ4n) is 1.33. The van der Waals surface area contributed by atoms with Crippen LogP contribution in [-0.2, 0) is 0 Å². The van der Waals surface area contributed by atoms with Gasteiger partial charge in [0.15, 0.2) is 5.75 Å². The number of aromatic nitrogens is 1. The van der Waals surface area contributed by atoms with Gasteiger partial charge in [-0.15, -0.1) is 0 Å². The third-order valence-corrected chi connectivity index (χ3v) is 2.26. The largest absolute Gasteiger partial charge is 0.419 e. The highest BCUT2D eigenvalue weighted by molar-refractivity contribution is 5.88. The predicted molar refractivity (Wildman–Crippen MR) is 65.1 cm³/mol. The molecule has 0 bridgehead atoms. The van der Waals surface area contributed by atoms with Crippen molar-refractivity contribution in [1.82, 2.24) is 4.98 Å². The first-order valence-electron chi connectivity index (χ1n) is 5.18. The third kappa shape index (κ3) is 2.81. The van der Waals surface area contributed by atoms with Gasteiger partial charge in [-0.2, -0.15) is 0 Å². The summed E-state index contributed by atoms with van der Waals surface area (Å²) in [6.07, 6.45) is 2.68. The first-order valence-corrected chi connectivity index (χ1v) is 5.18. The van der Waals surface area contributed by atoms with Crippen LogP contribution in [0.15, 0.2) is 54.9 Å². The Balaban J connectivity index is 2.06. The number of ether oxygens (including phenoxy) is 1. The Morgan fingerprint density at radius 1 is 1.18 bits per heavy atom. The van der Waals surface area contributed by atoms with Crippen LogP contribution in [0.2, 0.25) is 0 Å². The summed E-state index contributed by atoms with van der Waals surface area (Å²) in [4.78, 5) is 17.1. The molecule has 0 saturated heterocycles. The molecule has 2 rings (SSSR count). The Morgan fingerprint density at radius 2 is 1.94 bits per heavy atom. The average molecular weight is 228 g/mol. The minimum absolute atomic E-state index is 0.431. The van der Waals surface area contributed by atoms with Crippen LogP contribution >= 0.6 is 0 Å². The summed E-state index contributed by atoms with van der Waals surface area (Å²) >= 11 is 0.